The molecule has 1 aliphatic rings. The normalized spacial score (nSPS) is 17.0. The van der Waals surface area contributed by atoms with Gasteiger partial charge in [0, 0.05) is 26.2 Å². The molecule has 0 bridgehead atoms. The van der Waals surface area contributed by atoms with Crippen LogP contribution in [0.4, 0.5) is 4.79 Å². The van der Waals surface area contributed by atoms with Gasteiger partial charge < -0.3 is 9.64 Å². The lowest BCUT2D eigenvalue weighted by atomic mass is 10.1. The Hall–Kier alpha value is -1.60. The Morgan fingerprint density at radius 2 is 1.62 bits per heavy atom. The lowest BCUT2D eigenvalue weighted by Gasteiger charge is -2.35. The molecule has 1 aromatic rings. The number of ether oxygens (including phenoxy) is 1. The summed E-state index contributed by atoms with van der Waals surface area (Å²) in [5.74, 6) is 0. The minimum atomic E-state index is -3.53. The molecule has 0 aromatic heterocycles. The van der Waals surface area contributed by atoms with Gasteiger partial charge >= 0.3 is 6.09 Å². The maximum Gasteiger partial charge on any atom is 0.410 e. The Morgan fingerprint density at radius 1 is 1.04 bits per heavy atom. The first-order valence-corrected chi connectivity index (χ1v) is 9.50. The molecule has 0 N–H and O–H groups in total. The average molecular weight is 354 g/mol. The number of piperazine rings is 1. The van der Waals surface area contributed by atoms with Crippen molar-refractivity contribution in [3.63, 3.8) is 0 Å². The second kappa shape index (κ2) is 6.72. The quantitative estimate of drug-likeness (QED) is 0.818. The van der Waals surface area contributed by atoms with E-state index in [1.165, 1.54) is 4.31 Å². The van der Waals surface area contributed by atoms with Gasteiger partial charge in [-0.15, -0.1) is 0 Å². The van der Waals surface area contributed by atoms with Crippen molar-refractivity contribution in [2.24, 2.45) is 0 Å². The third-order valence-electron chi connectivity index (χ3n) is 4.01. The Kier molecular flexibility index (Phi) is 5.25. The first kappa shape index (κ1) is 18.7. The number of amides is 1. The first-order chi connectivity index (χ1) is 11.0. The summed E-state index contributed by atoms with van der Waals surface area (Å²) >= 11 is 0. The summed E-state index contributed by atoms with van der Waals surface area (Å²) < 4.78 is 32.3. The van der Waals surface area contributed by atoms with Crippen molar-refractivity contribution in [2.75, 3.05) is 26.2 Å². The number of carbonyl (C=O) groups excluding carboxylic acids is 1. The standard InChI is InChI=1S/C17H26N2O4S/c1-13-6-7-15(12-14(13)2)24(21,22)19-10-8-18(9-11-19)16(20)23-17(3,4)5/h6-7,12H,8-11H2,1-5H3. The fraction of sp³-hybridized carbons (Fsp3) is 0.588. The van der Waals surface area contributed by atoms with Crippen LogP contribution in [0.1, 0.15) is 31.9 Å². The molecule has 0 unspecified atom stereocenters. The molecule has 1 saturated heterocycles. The van der Waals surface area contributed by atoms with Gasteiger partial charge in [0.2, 0.25) is 10.0 Å². The highest BCUT2D eigenvalue weighted by atomic mass is 32.2. The smallest absolute Gasteiger partial charge is 0.410 e. The van der Waals surface area contributed by atoms with Crippen LogP contribution in [0.2, 0.25) is 0 Å². The number of benzene rings is 1. The van der Waals surface area contributed by atoms with E-state index in [0.717, 1.165) is 11.1 Å². The highest BCUT2D eigenvalue weighted by Gasteiger charge is 2.31. The van der Waals surface area contributed by atoms with Gasteiger partial charge in [-0.3, -0.25) is 0 Å². The Balaban J connectivity index is 2.05. The van der Waals surface area contributed by atoms with E-state index in [9.17, 15) is 13.2 Å². The molecule has 0 radical (unpaired) electrons. The third-order valence-corrected chi connectivity index (χ3v) is 5.90. The summed E-state index contributed by atoms with van der Waals surface area (Å²) in [4.78, 5) is 13.9. The van der Waals surface area contributed by atoms with Gasteiger partial charge in [0.25, 0.3) is 0 Å². The predicted molar refractivity (Wildman–Crippen MR) is 92.5 cm³/mol. The van der Waals surface area contributed by atoms with Crippen LogP contribution >= 0.6 is 0 Å². The number of carbonyl (C=O) groups is 1. The second-order valence-electron chi connectivity index (χ2n) is 7.12. The van der Waals surface area contributed by atoms with Crippen LogP contribution in [0.5, 0.6) is 0 Å². The molecule has 1 amide bonds. The van der Waals surface area contributed by atoms with Crippen LogP contribution in [0.3, 0.4) is 0 Å². The lowest BCUT2D eigenvalue weighted by Crippen LogP contribution is -2.51. The molecule has 7 heteroatoms. The van der Waals surface area contributed by atoms with Gasteiger partial charge in [-0.05, 0) is 57.9 Å². The number of aryl methyl sites for hydroxylation is 2. The zero-order chi connectivity index (χ0) is 18.1. The first-order valence-electron chi connectivity index (χ1n) is 8.06. The minimum Gasteiger partial charge on any atom is -0.444 e. The van der Waals surface area contributed by atoms with E-state index in [2.05, 4.69) is 0 Å². The number of sulfonamides is 1. The van der Waals surface area contributed by atoms with E-state index in [1.807, 2.05) is 40.7 Å². The monoisotopic (exact) mass is 354 g/mol. The lowest BCUT2D eigenvalue weighted by molar-refractivity contribution is 0.0192. The molecule has 0 aliphatic carbocycles. The molecule has 1 fully saturated rings. The van der Waals surface area contributed by atoms with Gasteiger partial charge in [0.15, 0.2) is 0 Å². The van der Waals surface area contributed by atoms with Crippen LogP contribution in [0.25, 0.3) is 0 Å². The van der Waals surface area contributed by atoms with E-state index in [4.69, 9.17) is 4.74 Å². The zero-order valence-electron chi connectivity index (χ0n) is 15.0. The van der Waals surface area contributed by atoms with Crippen LogP contribution in [-0.2, 0) is 14.8 Å². The van der Waals surface area contributed by atoms with E-state index in [0.29, 0.717) is 18.0 Å². The molecular formula is C17H26N2O4S. The topological polar surface area (TPSA) is 66.9 Å². The summed E-state index contributed by atoms with van der Waals surface area (Å²) in [6.07, 6.45) is -0.397. The fourth-order valence-electron chi connectivity index (χ4n) is 2.46. The van der Waals surface area contributed by atoms with E-state index >= 15 is 0 Å². The van der Waals surface area contributed by atoms with Crippen molar-refractivity contribution in [3.8, 4) is 0 Å². The summed E-state index contributed by atoms with van der Waals surface area (Å²) in [5.41, 5.74) is 1.45. The van der Waals surface area contributed by atoms with E-state index < -0.39 is 21.7 Å². The fourth-order valence-corrected chi connectivity index (χ4v) is 3.97. The largest absolute Gasteiger partial charge is 0.444 e. The number of nitrogens with zero attached hydrogens (tertiary/aromatic N) is 2. The molecule has 24 heavy (non-hydrogen) atoms. The van der Waals surface area contributed by atoms with Gasteiger partial charge in [0.05, 0.1) is 4.90 Å². The molecule has 0 spiro atoms. The Bertz CT molecular complexity index is 715. The third kappa shape index (κ3) is 4.27. The second-order valence-corrected chi connectivity index (χ2v) is 9.06. The van der Waals surface area contributed by atoms with Crippen LogP contribution in [0.15, 0.2) is 23.1 Å². The molecule has 1 aliphatic heterocycles. The molecular weight excluding hydrogens is 328 g/mol. The van der Waals surface area contributed by atoms with Crippen molar-refractivity contribution in [1.29, 1.82) is 0 Å². The summed E-state index contributed by atoms with van der Waals surface area (Å²) in [7, 11) is -3.53. The van der Waals surface area contributed by atoms with Gasteiger partial charge in [-0.1, -0.05) is 6.07 Å². The van der Waals surface area contributed by atoms with Crippen LogP contribution in [0, 0.1) is 13.8 Å². The molecule has 1 aromatic carbocycles. The van der Waals surface area contributed by atoms with Crippen LogP contribution < -0.4 is 0 Å². The van der Waals surface area contributed by atoms with Crippen molar-refractivity contribution in [3.05, 3.63) is 29.3 Å². The zero-order valence-corrected chi connectivity index (χ0v) is 15.8. The molecule has 6 nitrogen and oxygen atoms in total. The average Bonchev–Trinajstić information content (AvgIpc) is 2.48. The SMILES string of the molecule is Cc1ccc(S(=O)(=O)N2CCN(C(=O)OC(C)(C)C)CC2)cc1C. The highest BCUT2D eigenvalue weighted by Crippen LogP contribution is 2.21. The van der Waals surface area contributed by atoms with Gasteiger partial charge in [-0.25, -0.2) is 13.2 Å². The number of hydrogen-bond donors (Lipinski definition) is 0. The molecule has 0 atom stereocenters. The highest BCUT2D eigenvalue weighted by molar-refractivity contribution is 7.89. The van der Waals surface area contributed by atoms with Crippen molar-refractivity contribution < 1.29 is 17.9 Å². The maximum atomic E-state index is 12.7. The summed E-state index contributed by atoms with van der Waals surface area (Å²) in [6.45, 7) is 10.5. The molecule has 2 rings (SSSR count). The Labute approximate surface area is 144 Å². The minimum absolute atomic E-state index is 0.272. The van der Waals surface area contributed by atoms with E-state index in [-0.39, 0.29) is 13.1 Å². The summed E-state index contributed by atoms with van der Waals surface area (Å²) in [6, 6.07) is 5.15. The number of hydrogen-bond acceptors (Lipinski definition) is 4. The van der Waals surface area contributed by atoms with Crippen molar-refractivity contribution in [2.45, 2.75) is 45.1 Å². The van der Waals surface area contributed by atoms with Crippen LogP contribution in [-0.4, -0.2) is 55.5 Å². The van der Waals surface area contributed by atoms with Gasteiger partial charge in [0.1, 0.15) is 5.60 Å². The molecule has 0 saturated carbocycles. The molecule has 1 heterocycles. The van der Waals surface area contributed by atoms with Crippen molar-refractivity contribution >= 4 is 16.1 Å². The predicted octanol–water partition coefficient (Wildman–Crippen LogP) is 2.54. The van der Waals surface area contributed by atoms with Gasteiger partial charge in [-0.2, -0.15) is 4.31 Å². The molecule has 134 valence electrons. The van der Waals surface area contributed by atoms with E-state index in [1.54, 1.807) is 17.0 Å². The van der Waals surface area contributed by atoms with Crippen molar-refractivity contribution in [1.82, 2.24) is 9.21 Å². The summed E-state index contributed by atoms with van der Waals surface area (Å²) in [5, 5.41) is 0. The number of rotatable bonds is 2. The maximum absolute atomic E-state index is 12.7. The Morgan fingerprint density at radius 3 is 2.12 bits per heavy atom.